The molecular formula is C21H26N2O5. The molecule has 0 spiro atoms. The molecule has 0 unspecified atom stereocenters. The average Bonchev–Trinajstić information content (AvgIpc) is 3.23. The number of anilines is 2. The number of ether oxygens (including phenoxy) is 4. The molecule has 150 valence electrons. The molecule has 28 heavy (non-hydrogen) atoms. The van der Waals surface area contributed by atoms with Gasteiger partial charge in [-0.25, -0.2) is 0 Å². The number of carbonyl (C=O) groups excluding carboxylic acids is 1. The number of carbonyl (C=O) groups is 1. The largest absolute Gasteiger partial charge is 0.493 e. The summed E-state index contributed by atoms with van der Waals surface area (Å²) in [5, 5.41) is 2.99. The first-order chi connectivity index (χ1) is 13.6. The van der Waals surface area contributed by atoms with Crippen molar-refractivity contribution in [2.45, 2.75) is 18.9 Å². The highest BCUT2D eigenvalue weighted by molar-refractivity contribution is 5.97. The number of amides is 1. The molecule has 1 fully saturated rings. The van der Waals surface area contributed by atoms with Crippen LogP contribution >= 0.6 is 0 Å². The van der Waals surface area contributed by atoms with E-state index in [1.807, 2.05) is 18.2 Å². The van der Waals surface area contributed by atoms with Gasteiger partial charge < -0.3 is 29.2 Å². The van der Waals surface area contributed by atoms with E-state index in [2.05, 4.69) is 10.2 Å². The number of rotatable bonds is 7. The Morgan fingerprint density at radius 1 is 0.893 bits per heavy atom. The Hall–Kier alpha value is -3.09. The molecule has 0 saturated carbocycles. The van der Waals surface area contributed by atoms with Crippen LogP contribution in [0.1, 0.15) is 12.8 Å². The van der Waals surface area contributed by atoms with Gasteiger partial charge in [0.15, 0.2) is 23.0 Å². The molecule has 3 rings (SSSR count). The summed E-state index contributed by atoms with van der Waals surface area (Å²) in [5.41, 5.74) is 1.60. The van der Waals surface area contributed by atoms with E-state index in [0.717, 1.165) is 25.1 Å². The zero-order valence-electron chi connectivity index (χ0n) is 16.7. The third-order valence-corrected chi connectivity index (χ3v) is 4.91. The average molecular weight is 386 g/mol. The molecule has 1 atom stereocenters. The lowest BCUT2D eigenvalue weighted by Gasteiger charge is -2.26. The number of methoxy groups -OCH3 is 4. The van der Waals surface area contributed by atoms with Crippen molar-refractivity contribution in [3.63, 3.8) is 0 Å². The van der Waals surface area contributed by atoms with Crippen LogP contribution < -0.4 is 29.2 Å². The molecule has 7 nitrogen and oxygen atoms in total. The van der Waals surface area contributed by atoms with Gasteiger partial charge in [0, 0.05) is 30.1 Å². The third kappa shape index (κ3) is 3.93. The Bertz CT molecular complexity index is 840. The molecule has 2 aromatic carbocycles. The number of nitrogens with zero attached hydrogens (tertiary/aromatic N) is 1. The number of benzene rings is 2. The van der Waals surface area contributed by atoms with E-state index in [4.69, 9.17) is 18.9 Å². The molecule has 0 aromatic heterocycles. The highest BCUT2D eigenvalue weighted by atomic mass is 16.5. The lowest BCUT2D eigenvalue weighted by atomic mass is 10.1. The minimum atomic E-state index is -0.258. The quantitative estimate of drug-likeness (QED) is 0.787. The fourth-order valence-corrected chi connectivity index (χ4v) is 3.49. The highest BCUT2D eigenvalue weighted by Crippen LogP contribution is 2.35. The Morgan fingerprint density at radius 2 is 1.50 bits per heavy atom. The van der Waals surface area contributed by atoms with Crippen molar-refractivity contribution >= 4 is 17.3 Å². The number of nitrogens with one attached hydrogen (secondary N) is 1. The van der Waals surface area contributed by atoms with Crippen molar-refractivity contribution < 1.29 is 23.7 Å². The van der Waals surface area contributed by atoms with Crippen LogP contribution in [-0.4, -0.2) is 46.9 Å². The van der Waals surface area contributed by atoms with Gasteiger partial charge in [-0.2, -0.15) is 0 Å². The van der Waals surface area contributed by atoms with Gasteiger partial charge in [0.2, 0.25) is 5.91 Å². The molecule has 0 radical (unpaired) electrons. The number of hydrogen-bond donors (Lipinski definition) is 1. The summed E-state index contributed by atoms with van der Waals surface area (Å²) < 4.78 is 21.3. The van der Waals surface area contributed by atoms with E-state index in [-0.39, 0.29) is 11.9 Å². The van der Waals surface area contributed by atoms with E-state index < -0.39 is 0 Å². The van der Waals surface area contributed by atoms with Crippen LogP contribution in [0.4, 0.5) is 11.4 Å². The second-order valence-electron chi connectivity index (χ2n) is 6.45. The van der Waals surface area contributed by atoms with E-state index in [1.165, 1.54) is 0 Å². The zero-order valence-corrected chi connectivity index (χ0v) is 16.7. The molecule has 0 bridgehead atoms. The van der Waals surface area contributed by atoms with Crippen molar-refractivity contribution in [1.29, 1.82) is 0 Å². The van der Waals surface area contributed by atoms with Crippen molar-refractivity contribution in [3.8, 4) is 23.0 Å². The van der Waals surface area contributed by atoms with Crippen LogP contribution in [0.15, 0.2) is 36.4 Å². The van der Waals surface area contributed by atoms with E-state index in [0.29, 0.717) is 28.7 Å². The Kier molecular flexibility index (Phi) is 6.13. The van der Waals surface area contributed by atoms with Crippen LogP contribution in [0.25, 0.3) is 0 Å². The Labute approximate surface area is 165 Å². The summed E-state index contributed by atoms with van der Waals surface area (Å²) in [6, 6.07) is 10.8. The third-order valence-electron chi connectivity index (χ3n) is 4.91. The molecule has 2 aromatic rings. The van der Waals surface area contributed by atoms with Gasteiger partial charge in [-0.05, 0) is 37.1 Å². The summed E-state index contributed by atoms with van der Waals surface area (Å²) >= 11 is 0. The fourth-order valence-electron chi connectivity index (χ4n) is 3.49. The normalized spacial score (nSPS) is 15.9. The Balaban J connectivity index is 1.78. The maximum Gasteiger partial charge on any atom is 0.247 e. The summed E-state index contributed by atoms with van der Waals surface area (Å²) in [6.07, 6.45) is 1.73. The monoisotopic (exact) mass is 386 g/mol. The van der Waals surface area contributed by atoms with Gasteiger partial charge in [-0.1, -0.05) is 0 Å². The van der Waals surface area contributed by atoms with Crippen LogP contribution in [0.2, 0.25) is 0 Å². The first kappa shape index (κ1) is 19.7. The van der Waals surface area contributed by atoms with Crippen LogP contribution in [-0.2, 0) is 4.79 Å². The predicted molar refractivity (Wildman–Crippen MR) is 108 cm³/mol. The maximum atomic E-state index is 12.9. The maximum absolute atomic E-state index is 12.9. The molecule has 1 N–H and O–H groups in total. The van der Waals surface area contributed by atoms with Crippen LogP contribution in [0.3, 0.4) is 0 Å². The molecule has 1 amide bonds. The second-order valence-corrected chi connectivity index (χ2v) is 6.45. The van der Waals surface area contributed by atoms with Gasteiger partial charge in [0.1, 0.15) is 6.04 Å². The first-order valence-corrected chi connectivity index (χ1v) is 9.12. The summed E-state index contributed by atoms with van der Waals surface area (Å²) in [5.74, 6) is 2.44. The van der Waals surface area contributed by atoms with Gasteiger partial charge in [-0.15, -0.1) is 0 Å². The summed E-state index contributed by atoms with van der Waals surface area (Å²) in [6.45, 7) is 0.805. The zero-order chi connectivity index (χ0) is 20.1. The molecule has 1 aliphatic rings. The minimum Gasteiger partial charge on any atom is -0.493 e. The molecule has 1 saturated heterocycles. The van der Waals surface area contributed by atoms with Crippen molar-refractivity contribution in [3.05, 3.63) is 36.4 Å². The second kappa shape index (κ2) is 8.73. The fraction of sp³-hybridized carbons (Fsp3) is 0.381. The Morgan fingerprint density at radius 3 is 2.14 bits per heavy atom. The van der Waals surface area contributed by atoms with Gasteiger partial charge in [-0.3, -0.25) is 4.79 Å². The summed E-state index contributed by atoms with van der Waals surface area (Å²) in [4.78, 5) is 15.0. The molecule has 0 aliphatic carbocycles. The smallest absolute Gasteiger partial charge is 0.247 e. The topological polar surface area (TPSA) is 69.3 Å². The molecule has 7 heteroatoms. The number of hydrogen-bond acceptors (Lipinski definition) is 6. The van der Waals surface area contributed by atoms with Gasteiger partial charge >= 0.3 is 0 Å². The van der Waals surface area contributed by atoms with E-state index >= 15 is 0 Å². The summed E-state index contributed by atoms with van der Waals surface area (Å²) in [7, 11) is 6.36. The van der Waals surface area contributed by atoms with Crippen molar-refractivity contribution in [2.75, 3.05) is 45.2 Å². The molecule has 1 aliphatic heterocycles. The van der Waals surface area contributed by atoms with Crippen LogP contribution in [0.5, 0.6) is 23.0 Å². The van der Waals surface area contributed by atoms with E-state index in [9.17, 15) is 4.79 Å². The first-order valence-electron chi connectivity index (χ1n) is 9.12. The molecule has 1 heterocycles. The SMILES string of the molecule is COc1ccc(NC(=O)[C@@H]2CCCN2c2ccc(OC)c(OC)c2)cc1OC. The van der Waals surface area contributed by atoms with Crippen molar-refractivity contribution in [1.82, 2.24) is 0 Å². The minimum absolute atomic E-state index is 0.0560. The highest BCUT2D eigenvalue weighted by Gasteiger charge is 2.31. The van der Waals surface area contributed by atoms with Crippen molar-refractivity contribution in [2.24, 2.45) is 0 Å². The standard InChI is InChI=1S/C21H26N2O5/c1-25-17-9-7-14(12-19(17)27-3)22-21(24)16-6-5-11-23(16)15-8-10-18(26-2)20(13-15)28-4/h7-10,12-13,16H,5-6,11H2,1-4H3,(H,22,24)/t16-/m0/s1. The molecular weight excluding hydrogens is 360 g/mol. The van der Waals surface area contributed by atoms with E-state index in [1.54, 1.807) is 46.6 Å². The lowest BCUT2D eigenvalue weighted by Crippen LogP contribution is -2.39. The van der Waals surface area contributed by atoms with Crippen LogP contribution in [0, 0.1) is 0 Å². The predicted octanol–water partition coefficient (Wildman–Crippen LogP) is 3.33. The lowest BCUT2D eigenvalue weighted by molar-refractivity contribution is -0.117. The van der Waals surface area contributed by atoms with Gasteiger partial charge in [0.05, 0.1) is 28.4 Å². The van der Waals surface area contributed by atoms with Gasteiger partial charge in [0.25, 0.3) is 0 Å².